The molecule has 2 aromatic rings. The zero-order valence-corrected chi connectivity index (χ0v) is 15.9. The predicted molar refractivity (Wildman–Crippen MR) is 103 cm³/mol. The minimum Gasteiger partial charge on any atom is -0.393 e. The molecule has 1 aromatic heterocycles. The molecule has 2 heterocycles. The molecule has 1 saturated carbocycles. The van der Waals surface area contributed by atoms with Crippen LogP contribution in [-0.4, -0.2) is 40.6 Å². The Labute approximate surface area is 156 Å². The summed E-state index contributed by atoms with van der Waals surface area (Å²) in [7, 11) is 1.95. The van der Waals surface area contributed by atoms with Gasteiger partial charge in [-0.3, -0.25) is 13.8 Å². The van der Waals surface area contributed by atoms with E-state index < -0.39 is 23.2 Å². The normalized spacial score (nSPS) is 26.6. The van der Waals surface area contributed by atoms with Gasteiger partial charge in [0.25, 0.3) is 5.56 Å². The fraction of sp³-hybridized carbons (Fsp3) is 0.579. The molecule has 3 atom stereocenters. The molecule has 1 aliphatic carbocycles. The third-order valence-electron chi connectivity index (χ3n) is 6.33. The number of quaternary nitrogens is 1. The van der Waals surface area contributed by atoms with Crippen LogP contribution in [0.25, 0.3) is 10.9 Å². The van der Waals surface area contributed by atoms with Crippen molar-refractivity contribution in [2.24, 2.45) is 5.92 Å². The molecule has 3 unspecified atom stereocenters. The van der Waals surface area contributed by atoms with Crippen molar-refractivity contribution in [3.8, 4) is 0 Å². The summed E-state index contributed by atoms with van der Waals surface area (Å²) in [6.45, 7) is 4.85. The summed E-state index contributed by atoms with van der Waals surface area (Å²) >= 11 is 0. The lowest BCUT2D eigenvalue weighted by Gasteiger charge is -2.32. The largest absolute Gasteiger partial charge is 0.393 e. The van der Waals surface area contributed by atoms with Crippen LogP contribution in [0.2, 0.25) is 0 Å². The molecule has 0 radical (unpaired) electrons. The number of nitrogens with zero attached hydrogens (tertiary/aromatic N) is 3. The van der Waals surface area contributed by atoms with Crippen molar-refractivity contribution in [2.75, 3.05) is 26.0 Å². The molecule has 1 aliphatic heterocycles. The number of aromatic nitrogens is 2. The molecule has 1 saturated heterocycles. The van der Waals surface area contributed by atoms with Crippen LogP contribution >= 0.6 is 0 Å². The van der Waals surface area contributed by atoms with Crippen molar-refractivity contribution < 1.29 is 9.50 Å². The van der Waals surface area contributed by atoms with Crippen LogP contribution < -0.4 is 21.6 Å². The van der Waals surface area contributed by atoms with Crippen LogP contribution in [0.15, 0.2) is 15.7 Å². The Hall–Kier alpha value is -2.19. The number of hydrogen-bond donors (Lipinski definition) is 2. The molecule has 4 rings (SSSR count). The fourth-order valence-electron chi connectivity index (χ4n) is 4.74. The van der Waals surface area contributed by atoms with Gasteiger partial charge in [-0.1, -0.05) is 0 Å². The molecule has 0 amide bonds. The van der Waals surface area contributed by atoms with Gasteiger partial charge in [0.2, 0.25) is 0 Å². The van der Waals surface area contributed by atoms with E-state index in [2.05, 4.69) is 0 Å². The lowest BCUT2D eigenvalue weighted by atomic mass is 10.0. The van der Waals surface area contributed by atoms with Gasteiger partial charge in [-0.25, -0.2) is 9.18 Å². The van der Waals surface area contributed by atoms with Gasteiger partial charge in [-0.2, -0.15) is 4.68 Å². The maximum Gasteiger partial charge on any atom is 0.350 e. The third kappa shape index (κ3) is 2.62. The van der Waals surface area contributed by atoms with Gasteiger partial charge in [0.05, 0.1) is 37.1 Å². The summed E-state index contributed by atoms with van der Waals surface area (Å²) < 4.78 is 17.7. The zero-order chi connectivity index (χ0) is 19.7. The van der Waals surface area contributed by atoms with Gasteiger partial charge in [-0.15, -0.1) is 0 Å². The van der Waals surface area contributed by atoms with Gasteiger partial charge >= 0.3 is 5.69 Å². The number of halogens is 1. The Kier molecular flexibility index (Phi) is 3.98. The van der Waals surface area contributed by atoms with Crippen molar-refractivity contribution in [3.63, 3.8) is 0 Å². The summed E-state index contributed by atoms with van der Waals surface area (Å²) in [5.41, 5.74) is 0.368. The number of fused-ring (bicyclic) bond motifs is 1. The number of nitrogens with two attached hydrogens (primary N) is 1. The molecule has 1 aromatic carbocycles. The van der Waals surface area contributed by atoms with E-state index in [1.807, 2.05) is 7.05 Å². The topological polar surface area (TPSA) is 90.2 Å². The van der Waals surface area contributed by atoms with E-state index in [4.69, 9.17) is 5.84 Å². The first-order valence-electron chi connectivity index (χ1n) is 9.44. The van der Waals surface area contributed by atoms with Crippen LogP contribution in [-0.2, 0) is 0 Å². The molecular weight excluding hydrogens is 351 g/mol. The molecular formula is C19H26FN4O3+. The number of rotatable bonds is 3. The first-order chi connectivity index (χ1) is 12.7. The molecule has 146 valence electrons. The minimum atomic E-state index is -0.675. The number of aliphatic hydroxyl groups excluding tert-OH is 1. The van der Waals surface area contributed by atoms with Gasteiger partial charge in [0.15, 0.2) is 11.5 Å². The Morgan fingerprint density at radius 1 is 1.33 bits per heavy atom. The zero-order valence-electron chi connectivity index (χ0n) is 15.9. The molecule has 7 nitrogen and oxygen atoms in total. The Bertz CT molecular complexity index is 1050. The van der Waals surface area contributed by atoms with Crippen molar-refractivity contribution >= 4 is 16.6 Å². The number of hydrogen-bond acceptors (Lipinski definition) is 4. The van der Waals surface area contributed by atoms with Crippen LogP contribution in [0.4, 0.5) is 10.1 Å². The van der Waals surface area contributed by atoms with E-state index in [1.165, 1.54) is 6.07 Å². The highest BCUT2D eigenvalue weighted by molar-refractivity contribution is 5.86. The average molecular weight is 377 g/mol. The SMILES string of the molecule is Cc1c([N+]2(C)CCC(C(C)O)C2)c(F)cc2c(=O)n(N)c(=O)n(C3CC3)c12. The number of aryl methyl sites for hydroxylation is 1. The first-order valence-corrected chi connectivity index (χ1v) is 9.44. The standard InChI is InChI=1S/C19H26FN4O3/c1-10-16-14(18(26)23(21)19(27)22(16)13-4-5-13)8-15(20)17(10)24(3)7-6-12(9-24)11(2)25/h8,11-13,25H,4-7,9,21H2,1-3H3/q+1. The Morgan fingerprint density at radius 2 is 2.00 bits per heavy atom. The number of benzene rings is 1. The van der Waals surface area contributed by atoms with Crippen molar-refractivity contribution in [1.82, 2.24) is 13.7 Å². The molecule has 3 N–H and O–H groups in total. The third-order valence-corrected chi connectivity index (χ3v) is 6.33. The second-order valence-corrected chi connectivity index (χ2v) is 8.38. The van der Waals surface area contributed by atoms with Gasteiger partial charge in [0.1, 0.15) is 0 Å². The first kappa shape index (κ1) is 18.2. The second-order valence-electron chi connectivity index (χ2n) is 8.38. The lowest BCUT2D eigenvalue weighted by Crippen LogP contribution is -2.46. The van der Waals surface area contributed by atoms with Crippen LogP contribution in [0.1, 0.15) is 37.8 Å². The quantitative estimate of drug-likeness (QED) is 0.617. The van der Waals surface area contributed by atoms with Gasteiger partial charge in [0, 0.05) is 23.9 Å². The van der Waals surface area contributed by atoms with E-state index in [-0.39, 0.29) is 17.3 Å². The fourth-order valence-corrected chi connectivity index (χ4v) is 4.74. The number of likely N-dealkylation sites (tertiary alicyclic amines) is 1. The number of nitrogen functional groups attached to an aromatic ring is 1. The summed E-state index contributed by atoms with van der Waals surface area (Å²) in [4.78, 5) is 25.2. The van der Waals surface area contributed by atoms with E-state index in [9.17, 15) is 14.7 Å². The van der Waals surface area contributed by atoms with E-state index in [0.29, 0.717) is 39.0 Å². The average Bonchev–Trinajstić information content (AvgIpc) is 3.35. The summed E-state index contributed by atoms with van der Waals surface area (Å²) in [5.74, 6) is 5.29. The molecule has 0 spiro atoms. The van der Waals surface area contributed by atoms with E-state index in [0.717, 1.165) is 19.3 Å². The van der Waals surface area contributed by atoms with Crippen molar-refractivity contribution in [1.29, 1.82) is 0 Å². The summed E-state index contributed by atoms with van der Waals surface area (Å²) in [6, 6.07) is 1.22. The summed E-state index contributed by atoms with van der Waals surface area (Å²) in [6.07, 6.45) is 2.03. The molecule has 2 aliphatic rings. The smallest absolute Gasteiger partial charge is 0.350 e. The summed E-state index contributed by atoms with van der Waals surface area (Å²) in [5, 5.41) is 10.1. The van der Waals surface area contributed by atoms with Crippen LogP contribution in [0.5, 0.6) is 0 Å². The van der Waals surface area contributed by atoms with E-state index >= 15 is 4.39 Å². The monoisotopic (exact) mass is 377 g/mol. The van der Waals surface area contributed by atoms with Crippen LogP contribution in [0, 0.1) is 18.7 Å². The van der Waals surface area contributed by atoms with E-state index in [1.54, 1.807) is 18.4 Å². The lowest BCUT2D eigenvalue weighted by molar-refractivity contribution is 0.130. The second kappa shape index (κ2) is 5.90. The molecule has 0 bridgehead atoms. The highest BCUT2D eigenvalue weighted by Gasteiger charge is 2.42. The molecule has 2 fully saturated rings. The van der Waals surface area contributed by atoms with Crippen molar-refractivity contribution in [3.05, 3.63) is 38.3 Å². The number of aliphatic hydroxyl groups is 1. The molecule has 27 heavy (non-hydrogen) atoms. The maximum atomic E-state index is 15.2. The minimum absolute atomic E-state index is 0.00140. The predicted octanol–water partition coefficient (Wildman–Crippen LogP) is 0.997. The highest BCUT2D eigenvalue weighted by Crippen LogP contribution is 2.41. The Morgan fingerprint density at radius 3 is 2.56 bits per heavy atom. The van der Waals surface area contributed by atoms with Gasteiger partial charge < -0.3 is 10.9 Å². The van der Waals surface area contributed by atoms with Gasteiger partial charge in [-0.05, 0) is 32.8 Å². The van der Waals surface area contributed by atoms with Crippen molar-refractivity contribution in [2.45, 2.75) is 45.3 Å². The Balaban J connectivity index is 2.02. The molecule has 8 heteroatoms. The maximum absolute atomic E-state index is 15.2. The highest BCUT2D eigenvalue weighted by atomic mass is 19.1. The van der Waals surface area contributed by atoms with Crippen LogP contribution in [0.3, 0.4) is 0 Å².